The van der Waals surface area contributed by atoms with Crippen LogP contribution in [-0.2, 0) is 11.3 Å². The number of imide groups is 1. The highest BCUT2D eigenvalue weighted by molar-refractivity contribution is 6.10. The van der Waals surface area contributed by atoms with Gasteiger partial charge < -0.3 is 9.73 Å². The summed E-state index contributed by atoms with van der Waals surface area (Å²) in [6.07, 6.45) is -1.68. The molecule has 0 bridgehead atoms. The molecule has 0 saturated carbocycles. The van der Waals surface area contributed by atoms with E-state index in [2.05, 4.69) is 4.98 Å². The molecule has 1 fully saturated rings. The Morgan fingerprint density at radius 3 is 2.65 bits per heavy atom. The van der Waals surface area contributed by atoms with Crippen molar-refractivity contribution in [1.29, 1.82) is 0 Å². The number of pyridine rings is 1. The highest BCUT2D eigenvalue weighted by Crippen LogP contribution is 2.34. The number of furan rings is 1. The number of rotatable bonds is 4. The number of nitrogens with one attached hydrogen (secondary N) is 2. The molecule has 1 aliphatic heterocycles. The van der Waals surface area contributed by atoms with Crippen LogP contribution in [0.3, 0.4) is 0 Å². The molecular weight excluding hydrogens is 357 g/mol. The van der Waals surface area contributed by atoms with Crippen molar-refractivity contribution in [3.63, 3.8) is 0 Å². The molecular formula is C15H11F3N4O4. The van der Waals surface area contributed by atoms with Crippen molar-refractivity contribution in [2.24, 2.45) is 0 Å². The molecule has 0 unspecified atom stereocenters. The lowest BCUT2D eigenvalue weighted by atomic mass is 10.1. The van der Waals surface area contributed by atoms with Crippen molar-refractivity contribution < 1.29 is 32.0 Å². The minimum Gasteiger partial charge on any atom is -0.467 e. The molecule has 1 atom stereocenters. The van der Waals surface area contributed by atoms with Crippen LogP contribution in [0.4, 0.5) is 18.0 Å². The van der Waals surface area contributed by atoms with Gasteiger partial charge in [-0.05, 0) is 24.3 Å². The third-order valence-corrected chi connectivity index (χ3v) is 3.65. The van der Waals surface area contributed by atoms with E-state index in [0.717, 1.165) is 6.20 Å². The maximum atomic E-state index is 13.7. The standard InChI is InChI=1S/C15H11F3N4O4/c16-15(17,18)14(20-11(23)9-3-1-5-19-7-9)12(24)22(13(25)21-14)8-10-4-2-6-26-10/h1-7H,8H2,(H,20,23)(H,21,25)/t14-/m0/s1. The van der Waals surface area contributed by atoms with Crippen LogP contribution in [0.1, 0.15) is 16.1 Å². The average Bonchev–Trinajstić information content (AvgIpc) is 3.18. The maximum absolute atomic E-state index is 13.7. The Morgan fingerprint density at radius 2 is 2.08 bits per heavy atom. The molecule has 1 saturated heterocycles. The molecule has 8 nitrogen and oxygen atoms in total. The Bertz CT molecular complexity index is 838. The molecule has 2 aromatic rings. The molecule has 26 heavy (non-hydrogen) atoms. The van der Waals surface area contributed by atoms with E-state index in [4.69, 9.17) is 4.42 Å². The highest BCUT2D eigenvalue weighted by Gasteiger charge is 2.68. The fraction of sp³-hybridized carbons (Fsp3) is 0.200. The van der Waals surface area contributed by atoms with Gasteiger partial charge in [0, 0.05) is 12.4 Å². The Morgan fingerprint density at radius 1 is 1.31 bits per heavy atom. The fourth-order valence-corrected chi connectivity index (χ4v) is 2.37. The van der Waals surface area contributed by atoms with Crippen LogP contribution in [0.25, 0.3) is 0 Å². The van der Waals surface area contributed by atoms with E-state index in [1.54, 1.807) is 5.32 Å². The summed E-state index contributed by atoms with van der Waals surface area (Å²) in [7, 11) is 0. The minimum absolute atomic E-state index is 0.102. The molecule has 2 N–H and O–H groups in total. The Hall–Kier alpha value is -3.37. The summed E-state index contributed by atoms with van der Waals surface area (Å²) in [5, 5.41) is 3.12. The monoisotopic (exact) mass is 368 g/mol. The molecule has 0 radical (unpaired) electrons. The van der Waals surface area contributed by atoms with E-state index < -0.39 is 36.2 Å². The van der Waals surface area contributed by atoms with Gasteiger partial charge in [-0.2, -0.15) is 13.2 Å². The van der Waals surface area contributed by atoms with Gasteiger partial charge in [0.25, 0.3) is 17.5 Å². The fourth-order valence-electron chi connectivity index (χ4n) is 2.37. The molecule has 0 spiro atoms. The molecule has 4 amide bonds. The van der Waals surface area contributed by atoms with Crippen LogP contribution in [0, 0.1) is 0 Å². The number of urea groups is 1. The molecule has 1 aliphatic rings. The lowest BCUT2D eigenvalue weighted by Gasteiger charge is -2.29. The van der Waals surface area contributed by atoms with Crippen molar-refractivity contribution in [3.8, 4) is 0 Å². The van der Waals surface area contributed by atoms with Gasteiger partial charge >= 0.3 is 12.2 Å². The van der Waals surface area contributed by atoms with Gasteiger partial charge in [0.2, 0.25) is 0 Å². The van der Waals surface area contributed by atoms with Crippen LogP contribution < -0.4 is 10.6 Å². The summed E-state index contributed by atoms with van der Waals surface area (Å²) in [4.78, 5) is 40.5. The van der Waals surface area contributed by atoms with Gasteiger partial charge in [-0.1, -0.05) is 0 Å². The number of amides is 4. The molecule has 0 aromatic carbocycles. The number of nitrogens with zero attached hydrogens (tertiary/aromatic N) is 2. The van der Waals surface area contributed by atoms with Crippen LogP contribution in [-0.4, -0.2) is 39.6 Å². The number of alkyl halides is 3. The van der Waals surface area contributed by atoms with Gasteiger partial charge in [0.15, 0.2) is 0 Å². The van der Waals surface area contributed by atoms with E-state index in [0.29, 0.717) is 4.90 Å². The van der Waals surface area contributed by atoms with E-state index >= 15 is 0 Å². The third-order valence-electron chi connectivity index (χ3n) is 3.65. The SMILES string of the molecule is O=C(N[C@]1(C(F)(F)F)NC(=O)N(Cc2ccco2)C1=O)c1cccnc1. The van der Waals surface area contributed by atoms with Crippen LogP contribution in [0.15, 0.2) is 47.3 Å². The first-order chi connectivity index (χ1) is 12.2. The first-order valence-electron chi connectivity index (χ1n) is 7.20. The number of aromatic nitrogens is 1. The molecule has 3 heterocycles. The summed E-state index contributed by atoms with van der Waals surface area (Å²) >= 11 is 0. The second kappa shape index (κ2) is 6.17. The summed E-state index contributed by atoms with van der Waals surface area (Å²) < 4.78 is 45.9. The van der Waals surface area contributed by atoms with Crippen molar-refractivity contribution in [2.45, 2.75) is 18.4 Å². The number of carbonyl (C=O) groups excluding carboxylic acids is 3. The van der Waals surface area contributed by atoms with Crippen LogP contribution >= 0.6 is 0 Å². The Kier molecular flexibility index (Phi) is 4.14. The first kappa shape index (κ1) is 17.5. The maximum Gasteiger partial charge on any atom is 0.440 e. The van der Waals surface area contributed by atoms with Gasteiger partial charge in [0.05, 0.1) is 18.4 Å². The molecule has 0 aliphatic carbocycles. The summed E-state index contributed by atoms with van der Waals surface area (Å²) in [6, 6.07) is 4.09. The molecule has 11 heteroatoms. The van der Waals surface area contributed by atoms with Crippen LogP contribution in [0.2, 0.25) is 0 Å². The summed E-state index contributed by atoms with van der Waals surface area (Å²) in [5.41, 5.74) is -3.79. The van der Waals surface area contributed by atoms with E-state index in [1.165, 1.54) is 42.0 Å². The van der Waals surface area contributed by atoms with Gasteiger partial charge in [0.1, 0.15) is 5.76 Å². The molecule has 136 valence electrons. The zero-order valence-electron chi connectivity index (χ0n) is 12.9. The second-order valence-electron chi connectivity index (χ2n) is 5.34. The number of hydrogen-bond donors (Lipinski definition) is 2. The number of halogens is 3. The van der Waals surface area contributed by atoms with E-state index in [9.17, 15) is 27.6 Å². The van der Waals surface area contributed by atoms with E-state index in [1.807, 2.05) is 0 Å². The average molecular weight is 368 g/mol. The second-order valence-corrected chi connectivity index (χ2v) is 5.34. The third kappa shape index (κ3) is 2.87. The zero-order valence-corrected chi connectivity index (χ0v) is 12.9. The topological polar surface area (TPSA) is 105 Å². The quantitative estimate of drug-likeness (QED) is 0.794. The van der Waals surface area contributed by atoms with Crippen LogP contribution in [0.5, 0.6) is 0 Å². The van der Waals surface area contributed by atoms with Crippen molar-refractivity contribution in [3.05, 3.63) is 54.2 Å². The smallest absolute Gasteiger partial charge is 0.440 e. The summed E-state index contributed by atoms with van der Waals surface area (Å²) in [6.45, 7) is -0.516. The van der Waals surface area contributed by atoms with Gasteiger partial charge in [-0.3, -0.25) is 24.8 Å². The zero-order chi connectivity index (χ0) is 18.9. The largest absolute Gasteiger partial charge is 0.467 e. The normalized spacial score (nSPS) is 20.2. The van der Waals surface area contributed by atoms with Gasteiger partial charge in [-0.25, -0.2) is 4.79 Å². The number of hydrogen-bond acceptors (Lipinski definition) is 5. The van der Waals surface area contributed by atoms with Crippen molar-refractivity contribution in [2.75, 3.05) is 0 Å². The first-order valence-corrected chi connectivity index (χ1v) is 7.20. The number of carbonyl (C=O) groups is 3. The highest BCUT2D eigenvalue weighted by atomic mass is 19.4. The Balaban J connectivity index is 1.92. The van der Waals surface area contributed by atoms with Crippen molar-refractivity contribution in [1.82, 2.24) is 20.5 Å². The Labute approximate surface area is 144 Å². The lowest BCUT2D eigenvalue weighted by Crippen LogP contribution is -2.69. The minimum atomic E-state index is -5.28. The predicted octanol–water partition coefficient (Wildman–Crippen LogP) is 1.42. The predicted molar refractivity (Wildman–Crippen MR) is 78.3 cm³/mol. The van der Waals surface area contributed by atoms with Crippen molar-refractivity contribution >= 4 is 17.8 Å². The molecule has 2 aromatic heterocycles. The van der Waals surface area contributed by atoms with E-state index in [-0.39, 0.29) is 11.3 Å². The summed E-state index contributed by atoms with van der Waals surface area (Å²) in [5.74, 6) is -2.78. The lowest BCUT2D eigenvalue weighted by molar-refractivity contribution is -0.200. The molecule has 3 rings (SSSR count). The van der Waals surface area contributed by atoms with Gasteiger partial charge in [-0.15, -0.1) is 0 Å².